The zero-order valence-corrected chi connectivity index (χ0v) is 13.5. The number of rotatable bonds is 4. The number of ether oxygens (including phenoxy) is 1. The molecule has 2 rings (SSSR count). The summed E-state index contributed by atoms with van der Waals surface area (Å²) >= 11 is 5.00. The predicted molar refractivity (Wildman–Crippen MR) is 90.6 cm³/mol. The van der Waals surface area contributed by atoms with Gasteiger partial charge in [-0.05, 0) is 54.2 Å². The summed E-state index contributed by atoms with van der Waals surface area (Å²) in [6, 6.07) is 9.84. The van der Waals surface area contributed by atoms with E-state index in [0.29, 0.717) is 11.3 Å². The quantitative estimate of drug-likeness (QED) is 0.584. The summed E-state index contributed by atoms with van der Waals surface area (Å²) in [5.74, 6) is -1.19. The Morgan fingerprint density at radius 2 is 1.83 bits per heavy atom. The third-order valence-electron chi connectivity index (χ3n) is 3.00. The van der Waals surface area contributed by atoms with Crippen LogP contribution in [0.15, 0.2) is 42.5 Å². The fraction of sp³-hybridized carbons (Fsp3) is 0.125. The Labute approximate surface area is 143 Å². The average Bonchev–Trinajstić information content (AvgIpc) is 2.55. The zero-order chi connectivity index (χ0) is 17.5. The highest BCUT2D eigenvalue weighted by atomic mass is 32.1. The first kappa shape index (κ1) is 17.6. The number of nitrogens with one attached hydrogen (secondary N) is 3. The first-order valence-corrected chi connectivity index (χ1v) is 7.32. The van der Waals surface area contributed by atoms with E-state index in [0.717, 1.165) is 0 Å². The molecular formula is C16H15F2N3O2S. The first-order chi connectivity index (χ1) is 11.5. The lowest BCUT2D eigenvalue weighted by Crippen LogP contribution is -2.44. The van der Waals surface area contributed by atoms with Gasteiger partial charge in [-0.25, -0.2) is 8.78 Å². The molecule has 0 unspecified atom stereocenters. The van der Waals surface area contributed by atoms with Crippen molar-refractivity contribution in [2.75, 3.05) is 12.4 Å². The van der Waals surface area contributed by atoms with Crippen molar-refractivity contribution in [3.8, 4) is 5.75 Å². The highest BCUT2D eigenvalue weighted by Gasteiger charge is 2.08. The van der Waals surface area contributed by atoms with Crippen molar-refractivity contribution in [3.05, 3.63) is 59.7 Å². The zero-order valence-electron chi connectivity index (χ0n) is 12.7. The number of carbonyl (C=O) groups is 1. The number of hydrogen-bond donors (Lipinski definition) is 3. The molecule has 0 spiro atoms. The Bertz CT molecular complexity index is 739. The van der Waals surface area contributed by atoms with Gasteiger partial charge in [0.05, 0.1) is 13.5 Å². The van der Waals surface area contributed by atoms with Crippen LogP contribution in [-0.4, -0.2) is 18.1 Å². The van der Waals surface area contributed by atoms with E-state index in [-0.39, 0.29) is 23.1 Å². The molecule has 8 heteroatoms. The molecule has 0 bridgehead atoms. The van der Waals surface area contributed by atoms with Crippen molar-refractivity contribution in [2.24, 2.45) is 0 Å². The lowest BCUT2D eigenvalue weighted by atomic mass is 10.1. The first-order valence-electron chi connectivity index (χ1n) is 6.92. The molecule has 2 aromatic rings. The smallest absolute Gasteiger partial charge is 0.242 e. The highest BCUT2D eigenvalue weighted by Crippen LogP contribution is 2.17. The second kappa shape index (κ2) is 8.21. The molecule has 0 saturated carbocycles. The number of methoxy groups -OCH3 is 1. The molecule has 0 aliphatic rings. The van der Waals surface area contributed by atoms with Crippen LogP contribution in [0.2, 0.25) is 0 Å². The molecule has 3 N–H and O–H groups in total. The highest BCUT2D eigenvalue weighted by molar-refractivity contribution is 7.80. The van der Waals surface area contributed by atoms with Gasteiger partial charge in [0.2, 0.25) is 5.91 Å². The summed E-state index contributed by atoms with van der Waals surface area (Å²) in [5.41, 5.74) is 5.96. The van der Waals surface area contributed by atoms with Crippen LogP contribution in [0.5, 0.6) is 5.75 Å². The number of thiocarbonyl (C=S) groups is 1. The largest absolute Gasteiger partial charge is 0.494 e. The van der Waals surface area contributed by atoms with Crippen molar-refractivity contribution in [3.63, 3.8) is 0 Å². The second-order valence-electron chi connectivity index (χ2n) is 4.78. The average molecular weight is 351 g/mol. The van der Waals surface area contributed by atoms with Crippen molar-refractivity contribution < 1.29 is 18.3 Å². The fourth-order valence-electron chi connectivity index (χ4n) is 1.87. The lowest BCUT2D eigenvalue weighted by molar-refractivity contribution is -0.120. The number of anilines is 1. The SMILES string of the molecule is COc1ccc(CC(=O)NNC(=S)Nc2ccc(F)cc2)cc1F. The summed E-state index contributed by atoms with van der Waals surface area (Å²) in [6.45, 7) is 0. The molecule has 0 aromatic heterocycles. The van der Waals surface area contributed by atoms with E-state index in [1.165, 1.54) is 43.5 Å². The van der Waals surface area contributed by atoms with E-state index < -0.39 is 11.7 Å². The molecule has 0 aliphatic carbocycles. The number of amides is 1. The topological polar surface area (TPSA) is 62.4 Å². The van der Waals surface area contributed by atoms with Gasteiger partial charge in [-0.3, -0.25) is 15.6 Å². The summed E-state index contributed by atoms with van der Waals surface area (Å²) in [7, 11) is 1.36. The minimum absolute atomic E-state index is 0.0346. The maximum absolute atomic E-state index is 13.6. The van der Waals surface area contributed by atoms with Crippen LogP contribution < -0.4 is 20.9 Å². The summed E-state index contributed by atoms with van der Waals surface area (Å²) in [4.78, 5) is 11.8. The van der Waals surface area contributed by atoms with Crippen molar-refractivity contribution in [1.82, 2.24) is 10.9 Å². The monoisotopic (exact) mass is 351 g/mol. The number of benzene rings is 2. The summed E-state index contributed by atoms with van der Waals surface area (Å²) in [6.07, 6.45) is -0.0346. The molecule has 0 radical (unpaired) electrons. The van der Waals surface area contributed by atoms with Crippen LogP contribution >= 0.6 is 12.2 Å². The van der Waals surface area contributed by atoms with Gasteiger partial charge in [0.15, 0.2) is 16.7 Å². The molecular weight excluding hydrogens is 336 g/mol. The normalized spacial score (nSPS) is 9.96. The Hall–Kier alpha value is -2.74. The molecule has 0 atom stereocenters. The minimum atomic E-state index is -0.538. The van der Waals surface area contributed by atoms with E-state index >= 15 is 0 Å². The maximum Gasteiger partial charge on any atom is 0.242 e. The minimum Gasteiger partial charge on any atom is -0.494 e. The van der Waals surface area contributed by atoms with Crippen LogP contribution in [0.4, 0.5) is 14.5 Å². The van der Waals surface area contributed by atoms with E-state index in [4.69, 9.17) is 17.0 Å². The summed E-state index contributed by atoms with van der Waals surface area (Å²) < 4.78 is 31.2. The summed E-state index contributed by atoms with van der Waals surface area (Å²) in [5, 5.41) is 2.91. The van der Waals surface area contributed by atoms with Gasteiger partial charge in [0.1, 0.15) is 5.82 Å². The van der Waals surface area contributed by atoms with E-state index in [1.54, 1.807) is 6.07 Å². The maximum atomic E-state index is 13.6. The molecule has 1 amide bonds. The van der Waals surface area contributed by atoms with Crippen molar-refractivity contribution >= 4 is 28.9 Å². The Kier molecular flexibility index (Phi) is 6.02. The second-order valence-corrected chi connectivity index (χ2v) is 5.19. The van der Waals surface area contributed by atoms with Gasteiger partial charge in [-0.1, -0.05) is 6.07 Å². The van der Waals surface area contributed by atoms with Crippen LogP contribution in [-0.2, 0) is 11.2 Å². The van der Waals surface area contributed by atoms with Gasteiger partial charge in [0.25, 0.3) is 0 Å². The molecule has 24 heavy (non-hydrogen) atoms. The molecule has 0 heterocycles. The predicted octanol–water partition coefficient (Wildman–Crippen LogP) is 2.53. The molecule has 126 valence electrons. The van der Waals surface area contributed by atoms with Crippen molar-refractivity contribution in [1.29, 1.82) is 0 Å². The molecule has 2 aromatic carbocycles. The lowest BCUT2D eigenvalue weighted by Gasteiger charge is -2.12. The van der Waals surface area contributed by atoms with Gasteiger partial charge >= 0.3 is 0 Å². The van der Waals surface area contributed by atoms with Crippen molar-refractivity contribution in [2.45, 2.75) is 6.42 Å². The number of halogens is 2. The van der Waals surface area contributed by atoms with Crippen LogP contribution in [0.25, 0.3) is 0 Å². The van der Waals surface area contributed by atoms with Gasteiger partial charge in [-0.15, -0.1) is 0 Å². The molecule has 0 aliphatic heterocycles. The number of hydrazine groups is 1. The number of hydrogen-bond acceptors (Lipinski definition) is 3. The van der Waals surface area contributed by atoms with Crippen LogP contribution in [0.3, 0.4) is 0 Å². The fourth-order valence-corrected chi connectivity index (χ4v) is 2.04. The standard InChI is InChI=1S/C16H15F2N3O2S/c1-23-14-7-2-10(8-13(14)18)9-15(22)20-21-16(24)19-12-5-3-11(17)4-6-12/h2-8H,9H2,1H3,(H,20,22)(H2,19,21,24). The van der Waals surface area contributed by atoms with Gasteiger partial charge in [-0.2, -0.15) is 0 Å². The van der Waals surface area contributed by atoms with Crippen LogP contribution in [0.1, 0.15) is 5.56 Å². The Morgan fingerprint density at radius 1 is 1.12 bits per heavy atom. The van der Waals surface area contributed by atoms with Gasteiger partial charge in [0, 0.05) is 5.69 Å². The van der Waals surface area contributed by atoms with Crippen LogP contribution in [0, 0.1) is 11.6 Å². The molecule has 5 nitrogen and oxygen atoms in total. The molecule has 0 saturated heterocycles. The van der Waals surface area contributed by atoms with E-state index in [1.807, 2.05) is 0 Å². The Balaban J connectivity index is 1.81. The number of carbonyl (C=O) groups excluding carboxylic acids is 1. The third-order valence-corrected chi connectivity index (χ3v) is 3.20. The Morgan fingerprint density at radius 3 is 2.46 bits per heavy atom. The van der Waals surface area contributed by atoms with Gasteiger partial charge < -0.3 is 10.1 Å². The van der Waals surface area contributed by atoms with E-state index in [2.05, 4.69) is 16.2 Å². The molecule has 0 fully saturated rings. The van der Waals surface area contributed by atoms with E-state index in [9.17, 15) is 13.6 Å². The third kappa shape index (κ3) is 5.17.